The molecule has 3 aromatic rings. The minimum Gasteiger partial charge on any atom is -0.489 e. The summed E-state index contributed by atoms with van der Waals surface area (Å²) < 4.78 is 7.64. The Labute approximate surface area is 106 Å². The number of nitrogens with zero attached hydrogens (tertiary/aromatic N) is 2. The molecule has 0 fully saturated rings. The van der Waals surface area contributed by atoms with Crippen LogP contribution in [0.3, 0.4) is 0 Å². The molecule has 0 N–H and O–H groups in total. The number of imidazole rings is 1. The van der Waals surface area contributed by atoms with Crippen LogP contribution < -0.4 is 4.74 Å². The van der Waals surface area contributed by atoms with Crippen molar-refractivity contribution in [2.24, 2.45) is 7.05 Å². The number of aryl methyl sites for hydroxylation is 1. The van der Waals surface area contributed by atoms with E-state index >= 15 is 0 Å². The summed E-state index contributed by atoms with van der Waals surface area (Å²) in [7, 11) is 1.93. The first-order valence-corrected chi connectivity index (χ1v) is 5.84. The Bertz CT molecular complexity index is 659. The van der Waals surface area contributed by atoms with E-state index in [-0.39, 0.29) is 0 Å². The lowest BCUT2D eigenvalue weighted by molar-refractivity contribution is 0.306. The fourth-order valence-electron chi connectivity index (χ4n) is 1.88. The highest BCUT2D eigenvalue weighted by atomic mass is 16.5. The molecular weight excluding hydrogens is 224 g/mol. The number of ether oxygens (including phenoxy) is 1. The zero-order valence-corrected chi connectivity index (χ0v) is 10.1. The molecule has 0 amide bonds. The van der Waals surface area contributed by atoms with E-state index in [1.807, 2.05) is 48.0 Å². The Morgan fingerprint density at radius 3 is 2.83 bits per heavy atom. The van der Waals surface area contributed by atoms with Crippen LogP contribution in [0, 0.1) is 6.33 Å². The molecule has 0 aliphatic carbocycles. The molecule has 89 valence electrons. The Kier molecular flexibility index (Phi) is 2.73. The van der Waals surface area contributed by atoms with Gasteiger partial charge >= 0.3 is 0 Å². The van der Waals surface area contributed by atoms with Crippen LogP contribution in [-0.2, 0) is 13.7 Å². The number of hydrogen-bond donors (Lipinski definition) is 0. The first kappa shape index (κ1) is 10.8. The van der Waals surface area contributed by atoms with Crippen LogP contribution in [0.15, 0.2) is 48.5 Å². The van der Waals surface area contributed by atoms with E-state index in [1.54, 1.807) is 0 Å². The molecular formula is C15H13N2O. The Morgan fingerprint density at radius 2 is 2.00 bits per heavy atom. The minimum absolute atomic E-state index is 0.577. The maximum atomic E-state index is 5.77. The van der Waals surface area contributed by atoms with Crippen molar-refractivity contribution in [1.29, 1.82) is 0 Å². The molecule has 0 saturated carbocycles. The summed E-state index contributed by atoms with van der Waals surface area (Å²) in [5, 5.41) is 0. The summed E-state index contributed by atoms with van der Waals surface area (Å²) in [5.41, 5.74) is 3.12. The number of fused-ring (bicyclic) bond motifs is 1. The van der Waals surface area contributed by atoms with Crippen molar-refractivity contribution in [3.8, 4) is 5.75 Å². The summed E-state index contributed by atoms with van der Waals surface area (Å²) in [4.78, 5) is 4.16. The van der Waals surface area contributed by atoms with Gasteiger partial charge in [-0.1, -0.05) is 30.3 Å². The largest absolute Gasteiger partial charge is 0.489 e. The predicted molar refractivity (Wildman–Crippen MR) is 70.3 cm³/mol. The van der Waals surface area contributed by atoms with Gasteiger partial charge in [0.1, 0.15) is 12.4 Å². The molecule has 0 atom stereocenters. The number of benzene rings is 2. The monoisotopic (exact) mass is 237 g/mol. The second-order valence-corrected chi connectivity index (χ2v) is 4.20. The van der Waals surface area contributed by atoms with E-state index in [9.17, 15) is 0 Å². The summed E-state index contributed by atoms with van der Waals surface area (Å²) in [6.45, 7) is 0.577. The SMILES string of the molecule is Cn1[c]nc2ccc(OCc3ccccc3)cc21. The summed E-state index contributed by atoms with van der Waals surface area (Å²) >= 11 is 0. The van der Waals surface area contributed by atoms with Gasteiger partial charge in [-0.2, -0.15) is 0 Å². The Hall–Kier alpha value is -2.29. The van der Waals surface area contributed by atoms with E-state index in [0.717, 1.165) is 22.3 Å². The fourth-order valence-corrected chi connectivity index (χ4v) is 1.88. The highest BCUT2D eigenvalue weighted by Crippen LogP contribution is 2.20. The maximum absolute atomic E-state index is 5.77. The lowest BCUT2D eigenvalue weighted by Crippen LogP contribution is -1.95. The van der Waals surface area contributed by atoms with Crippen LogP contribution in [0.25, 0.3) is 11.0 Å². The van der Waals surface area contributed by atoms with Crippen molar-refractivity contribution in [3.05, 3.63) is 60.4 Å². The van der Waals surface area contributed by atoms with Gasteiger partial charge in [0.15, 0.2) is 6.33 Å². The summed E-state index contributed by atoms with van der Waals surface area (Å²) in [6.07, 6.45) is 2.89. The predicted octanol–water partition coefficient (Wildman–Crippen LogP) is 2.95. The van der Waals surface area contributed by atoms with Crippen molar-refractivity contribution in [2.45, 2.75) is 6.61 Å². The normalized spacial score (nSPS) is 10.7. The van der Waals surface area contributed by atoms with Crippen LogP contribution in [-0.4, -0.2) is 9.55 Å². The molecule has 1 aromatic heterocycles. The topological polar surface area (TPSA) is 27.1 Å². The molecule has 3 heteroatoms. The molecule has 3 nitrogen and oxygen atoms in total. The van der Waals surface area contributed by atoms with Gasteiger partial charge in [-0.25, -0.2) is 4.98 Å². The third-order valence-corrected chi connectivity index (χ3v) is 2.88. The lowest BCUT2D eigenvalue weighted by Gasteiger charge is -2.06. The van der Waals surface area contributed by atoms with Gasteiger partial charge in [-0.3, -0.25) is 0 Å². The first-order valence-electron chi connectivity index (χ1n) is 5.84. The number of aromatic nitrogens is 2. The van der Waals surface area contributed by atoms with Crippen LogP contribution in [0.5, 0.6) is 5.75 Å². The summed E-state index contributed by atoms with van der Waals surface area (Å²) in [5.74, 6) is 0.850. The molecule has 1 radical (unpaired) electrons. The molecule has 1 heterocycles. The zero-order chi connectivity index (χ0) is 12.4. The fraction of sp³-hybridized carbons (Fsp3) is 0.133. The van der Waals surface area contributed by atoms with Gasteiger partial charge in [-0.05, 0) is 17.7 Å². The molecule has 0 spiro atoms. The van der Waals surface area contributed by atoms with Gasteiger partial charge in [0.25, 0.3) is 0 Å². The van der Waals surface area contributed by atoms with E-state index in [0.29, 0.717) is 6.61 Å². The Morgan fingerprint density at radius 1 is 1.17 bits per heavy atom. The van der Waals surface area contributed by atoms with E-state index in [2.05, 4.69) is 23.4 Å². The quantitative estimate of drug-likeness (QED) is 0.700. The Balaban J connectivity index is 1.80. The molecule has 0 aliphatic heterocycles. The zero-order valence-electron chi connectivity index (χ0n) is 10.1. The van der Waals surface area contributed by atoms with Gasteiger partial charge in [0.2, 0.25) is 0 Å². The minimum atomic E-state index is 0.577. The van der Waals surface area contributed by atoms with E-state index < -0.39 is 0 Å². The average Bonchev–Trinajstić information content (AvgIpc) is 2.79. The molecule has 0 unspecified atom stereocenters. The van der Waals surface area contributed by atoms with Crippen LogP contribution in [0.4, 0.5) is 0 Å². The molecule has 3 rings (SSSR count). The lowest BCUT2D eigenvalue weighted by atomic mass is 10.2. The van der Waals surface area contributed by atoms with Crippen LogP contribution in [0.1, 0.15) is 5.56 Å². The summed E-state index contributed by atoms with van der Waals surface area (Å²) in [6, 6.07) is 16.0. The number of rotatable bonds is 3. The van der Waals surface area contributed by atoms with E-state index in [1.165, 1.54) is 0 Å². The molecule has 0 bridgehead atoms. The van der Waals surface area contributed by atoms with Gasteiger partial charge in [0, 0.05) is 13.1 Å². The van der Waals surface area contributed by atoms with Gasteiger partial charge < -0.3 is 9.30 Å². The maximum Gasteiger partial charge on any atom is 0.177 e. The highest BCUT2D eigenvalue weighted by molar-refractivity contribution is 5.76. The van der Waals surface area contributed by atoms with Crippen molar-refractivity contribution in [2.75, 3.05) is 0 Å². The smallest absolute Gasteiger partial charge is 0.177 e. The van der Waals surface area contributed by atoms with Crippen molar-refractivity contribution in [3.63, 3.8) is 0 Å². The first-order chi connectivity index (χ1) is 8.83. The van der Waals surface area contributed by atoms with Gasteiger partial charge in [0.05, 0.1) is 11.0 Å². The number of hydrogen-bond acceptors (Lipinski definition) is 2. The third-order valence-electron chi connectivity index (χ3n) is 2.88. The van der Waals surface area contributed by atoms with Crippen molar-refractivity contribution in [1.82, 2.24) is 9.55 Å². The van der Waals surface area contributed by atoms with Crippen molar-refractivity contribution < 1.29 is 4.74 Å². The molecule has 2 aromatic carbocycles. The average molecular weight is 237 g/mol. The van der Waals surface area contributed by atoms with Crippen molar-refractivity contribution >= 4 is 11.0 Å². The van der Waals surface area contributed by atoms with E-state index in [4.69, 9.17) is 4.74 Å². The third kappa shape index (κ3) is 2.07. The molecule has 0 aliphatic rings. The second kappa shape index (κ2) is 4.53. The van der Waals surface area contributed by atoms with Crippen LogP contribution >= 0.6 is 0 Å². The molecule has 0 saturated heterocycles. The van der Waals surface area contributed by atoms with Crippen LogP contribution in [0.2, 0.25) is 0 Å². The molecule has 18 heavy (non-hydrogen) atoms. The van der Waals surface area contributed by atoms with Gasteiger partial charge in [-0.15, -0.1) is 0 Å². The highest BCUT2D eigenvalue weighted by Gasteiger charge is 2.02. The standard InChI is InChI=1S/C15H13N2O/c1-17-11-16-14-8-7-13(9-15(14)17)18-10-12-5-3-2-4-6-12/h2-9H,10H2,1H3. The second-order valence-electron chi connectivity index (χ2n) is 4.20.